The van der Waals surface area contributed by atoms with Crippen molar-refractivity contribution in [1.29, 1.82) is 0 Å². The smallest absolute Gasteiger partial charge is 0.362 e. The topological polar surface area (TPSA) is 243 Å². The van der Waals surface area contributed by atoms with E-state index in [1.165, 1.54) is 39.8 Å². The number of benzene rings is 1. The molecule has 0 bridgehead atoms. The van der Waals surface area contributed by atoms with Crippen LogP contribution in [0.1, 0.15) is 43.1 Å². The number of imidazole rings is 1. The van der Waals surface area contributed by atoms with E-state index in [2.05, 4.69) is 25.3 Å². The fourth-order valence-electron chi connectivity index (χ4n) is 4.04. The van der Waals surface area contributed by atoms with Gasteiger partial charge in [0.2, 0.25) is 0 Å². The van der Waals surface area contributed by atoms with Crippen molar-refractivity contribution in [1.82, 2.24) is 39.2 Å². The lowest BCUT2D eigenvalue weighted by Gasteiger charge is -2.17. The summed E-state index contributed by atoms with van der Waals surface area (Å²) in [6.45, 7) is 5.13. The highest BCUT2D eigenvalue weighted by Crippen LogP contribution is 2.33. The number of fused-ring (bicyclic) bond motifs is 1. The second kappa shape index (κ2) is 10.3. The number of phenols is 1. The largest absolute Gasteiger partial charge is 0.507 e. The van der Waals surface area contributed by atoms with Crippen LogP contribution < -0.4 is 10.5 Å². The third kappa shape index (κ3) is 5.55. The van der Waals surface area contributed by atoms with Crippen molar-refractivity contribution >= 4 is 33.2 Å². The molecule has 1 fully saturated rings. The molecule has 0 radical (unpaired) electrons. The number of phenolic OH excluding ortho intramolecular Hbond substituents is 1. The van der Waals surface area contributed by atoms with Gasteiger partial charge in [0, 0.05) is 5.41 Å². The summed E-state index contributed by atoms with van der Waals surface area (Å²) in [6, 6.07) is 5.32. The first-order chi connectivity index (χ1) is 19.2. The Morgan fingerprint density at radius 1 is 1.20 bits per heavy atom. The minimum atomic E-state index is -4.69. The summed E-state index contributed by atoms with van der Waals surface area (Å²) in [7, 11) is -4.69. The van der Waals surface area contributed by atoms with Crippen LogP contribution in [-0.2, 0) is 24.6 Å². The van der Waals surface area contributed by atoms with Crippen molar-refractivity contribution in [2.75, 3.05) is 12.3 Å². The second-order valence-electron chi connectivity index (χ2n) is 10.3. The van der Waals surface area contributed by atoms with Gasteiger partial charge in [-0.05, 0) is 12.1 Å². The number of amides is 1. The highest BCUT2D eigenvalue weighted by atomic mass is 32.2. The first-order valence-corrected chi connectivity index (χ1v) is 13.6. The average molecular weight is 590 g/mol. The van der Waals surface area contributed by atoms with Gasteiger partial charge in [-0.1, -0.05) is 38.1 Å². The van der Waals surface area contributed by atoms with Gasteiger partial charge in [0.15, 0.2) is 17.7 Å². The molecule has 4 heterocycles. The molecular formula is C23H27N9O8S. The Hall–Kier alpha value is -4.23. The van der Waals surface area contributed by atoms with Gasteiger partial charge in [-0.25, -0.2) is 9.71 Å². The first kappa shape index (κ1) is 28.3. The Balaban J connectivity index is 1.34. The van der Waals surface area contributed by atoms with Crippen LogP contribution in [0.15, 0.2) is 36.8 Å². The minimum absolute atomic E-state index is 0.00997. The molecule has 3 aromatic heterocycles. The van der Waals surface area contributed by atoms with Crippen LogP contribution in [0, 0.1) is 0 Å². The monoisotopic (exact) mass is 589 g/mol. The Kier molecular flexibility index (Phi) is 7.12. The van der Waals surface area contributed by atoms with Crippen LogP contribution in [0.25, 0.3) is 17.1 Å². The number of carbonyl (C=O) groups is 1. The predicted molar refractivity (Wildman–Crippen MR) is 140 cm³/mol. The molecule has 4 atom stereocenters. The molecule has 0 saturated carbocycles. The molecule has 1 aliphatic rings. The maximum atomic E-state index is 12.3. The molecule has 1 aliphatic heterocycles. The Morgan fingerprint density at radius 2 is 1.93 bits per heavy atom. The van der Waals surface area contributed by atoms with Gasteiger partial charge in [0.25, 0.3) is 11.9 Å². The third-order valence-corrected chi connectivity index (χ3v) is 7.15. The summed E-state index contributed by atoms with van der Waals surface area (Å²) in [5, 5.41) is 39.3. The standard InChI is InChI=1S/C23H27N9O8S/c1-23(2,3)14-8-32(30-28-14)22-26-18(24)15-19(27-22)31(10-25-15)21-17(35)16(34)13(40-21)9-39-41(37,38)29-20(36)11-6-4-5-7-12(11)33/h4-8,10,13,16-17,21,33-35H,9H2,1-3H3,(H,29,36)(H2,24,26,27)/t13-,16-,17-,21-/m0/s1. The molecule has 18 heteroatoms. The molecule has 17 nitrogen and oxygen atoms in total. The Bertz CT molecular complexity index is 1720. The summed E-state index contributed by atoms with van der Waals surface area (Å²) >= 11 is 0. The van der Waals surface area contributed by atoms with E-state index < -0.39 is 53.1 Å². The van der Waals surface area contributed by atoms with Crippen molar-refractivity contribution in [2.45, 2.75) is 50.7 Å². The van der Waals surface area contributed by atoms with Gasteiger partial charge in [-0.2, -0.15) is 23.1 Å². The summed E-state index contributed by atoms with van der Waals surface area (Å²) in [5.74, 6) is -1.48. The molecule has 1 saturated heterocycles. The van der Waals surface area contributed by atoms with Crippen molar-refractivity contribution < 1.29 is 37.5 Å². The average Bonchev–Trinajstić information content (AvgIpc) is 3.62. The molecule has 0 unspecified atom stereocenters. The number of rotatable bonds is 7. The van der Waals surface area contributed by atoms with E-state index >= 15 is 0 Å². The number of nitrogens with two attached hydrogens (primary N) is 1. The van der Waals surface area contributed by atoms with E-state index in [9.17, 15) is 28.5 Å². The molecule has 1 aromatic carbocycles. The number of aromatic hydroxyl groups is 1. The quantitative estimate of drug-likeness (QED) is 0.179. The third-order valence-electron chi connectivity index (χ3n) is 6.27. The summed E-state index contributed by atoms with van der Waals surface area (Å²) < 4.78 is 39.5. The number of aliphatic hydroxyl groups is 2. The number of aromatic nitrogens is 7. The number of para-hydroxylation sites is 1. The predicted octanol–water partition coefficient (Wildman–Crippen LogP) is -0.697. The van der Waals surface area contributed by atoms with Crippen LogP contribution in [0.4, 0.5) is 5.82 Å². The van der Waals surface area contributed by atoms with E-state index in [0.717, 1.165) is 0 Å². The van der Waals surface area contributed by atoms with Gasteiger partial charge in [0.1, 0.15) is 29.6 Å². The molecule has 1 amide bonds. The lowest BCUT2D eigenvalue weighted by Crippen LogP contribution is -2.37. The van der Waals surface area contributed by atoms with Crippen LogP contribution in [-0.4, -0.2) is 89.1 Å². The number of nitrogens with one attached hydrogen (secondary N) is 1. The lowest BCUT2D eigenvalue weighted by atomic mass is 9.93. The van der Waals surface area contributed by atoms with E-state index in [4.69, 9.17) is 14.7 Å². The first-order valence-electron chi connectivity index (χ1n) is 12.2. The molecule has 4 aromatic rings. The Labute approximate surface area is 232 Å². The van der Waals surface area contributed by atoms with Crippen LogP contribution >= 0.6 is 0 Å². The molecule has 0 aliphatic carbocycles. The number of carbonyl (C=O) groups excluding carboxylic acids is 1. The fraction of sp³-hybridized carbons (Fsp3) is 0.391. The molecule has 41 heavy (non-hydrogen) atoms. The van der Waals surface area contributed by atoms with Crippen molar-refractivity contribution in [3.8, 4) is 11.7 Å². The molecule has 0 spiro atoms. The zero-order valence-corrected chi connectivity index (χ0v) is 22.8. The number of nitrogen functional groups attached to an aromatic ring is 1. The highest BCUT2D eigenvalue weighted by molar-refractivity contribution is 7.85. The zero-order valence-electron chi connectivity index (χ0n) is 22.0. The number of nitrogens with zero attached hydrogens (tertiary/aromatic N) is 7. The molecule has 5 rings (SSSR count). The number of hydrogen-bond acceptors (Lipinski definition) is 14. The van der Waals surface area contributed by atoms with E-state index in [-0.39, 0.29) is 33.9 Å². The highest BCUT2D eigenvalue weighted by Gasteiger charge is 2.45. The molecular weight excluding hydrogens is 562 g/mol. The fourth-order valence-corrected chi connectivity index (χ4v) is 4.75. The van der Waals surface area contributed by atoms with Crippen LogP contribution in [0.3, 0.4) is 0 Å². The SMILES string of the molecule is CC(C)(C)c1cn(-c2nc(N)c3ncn([C@H]4O[C@@H](COS(=O)(=O)NC(=O)c5ccccc5O)[C@H](O)[C@@H]4O)c3n2)nn1. The number of ether oxygens (including phenoxy) is 1. The van der Waals surface area contributed by atoms with Crippen molar-refractivity contribution in [3.63, 3.8) is 0 Å². The Morgan fingerprint density at radius 3 is 2.61 bits per heavy atom. The summed E-state index contributed by atoms with van der Waals surface area (Å²) in [6.07, 6.45) is -2.84. The van der Waals surface area contributed by atoms with E-state index in [0.29, 0.717) is 5.69 Å². The number of aliphatic hydroxyl groups excluding tert-OH is 2. The van der Waals surface area contributed by atoms with Gasteiger partial charge in [0.05, 0.1) is 30.4 Å². The van der Waals surface area contributed by atoms with Crippen molar-refractivity contribution in [3.05, 3.63) is 48.0 Å². The van der Waals surface area contributed by atoms with Gasteiger partial charge < -0.3 is 25.8 Å². The lowest BCUT2D eigenvalue weighted by molar-refractivity contribution is -0.0468. The van der Waals surface area contributed by atoms with E-state index in [1.807, 2.05) is 20.8 Å². The normalized spacial score (nSPS) is 21.4. The maximum Gasteiger partial charge on any atom is 0.362 e. The molecule has 218 valence electrons. The number of hydrogen-bond donors (Lipinski definition) is 5. The maximum absolute atomic E-state index is 12.3. The number of anilines is 1. The summed E-state index contributed by atoms with van der Waals surface area (Å²) in [4.78, 5) is 25.1. The van der Waals surface area contributed by atoms with E-state index in [1.54, 1.807) is 10.9 Å². The zero-order chi connectivity index (χ0) is 29.7. The van der Waals surface area contributed by atoms with Crippen LogP contribution in [0.5, 0.6) is 5.75 Å². The van der Waals surface area contributed by atoms with Gasteiger partial charge >= 0.3 is 10.3 Å². The molecule has 6 N–H and O–H groups in total. The summed E-state index contributed by atoms with van der Waals surface area (Å²) in [5.41, 5.74) is 6.52. The van der Waals surface area contributed by atoms with Crippen molar-refractivity contribution in [2.24, 2.45) is 0 Å². The van der Waals surface area contributed by atoms with Gasteiger partial charge in [-0.15, -0.1) is 5.10 Å². The van der Waals surface area contributed by atoms with Crippen LogP contribution in [0.2, 0.25) is 0 Å². The second-order valence-corrected chi connectivity index (χ2v) is 11.6. The van der Waals surface area contributed by atoms with Gasteiger partial charge in [-0.3, -0.25) is 13.5 Å². The minimum Gasteiger partial charge on any atom is -0.507 e.